The molecule has 0 unspecified atom stereocenters. The van der Waals surface area contributed by atoms with E-state index in [1.54, 1.807) is 4.90 Å². The summed E-state index contributed by atoms with van der Waals surface area (Å²) < 4.78 is 0. The maximum Gasteiger partial charge on any atom is 0.239 e. The van der Waals surface area contributed by atoms with Gasteiger partial charge in [0, 0.05) is 26.2 Å². The van der Waals surface area contributed by atoms with Gasteiger partial charge < -0.3 is 15.5 Å². The first-order valence-electron chi connectivity index (χ1n) is 9.44. The van der Waals surface area contributed by atoms with Crippen LogP contribution in [0.3, 0.4) is 0 Å². The third kappa shape index (κ3) is 5.17. The molecule has 5 heteroatoms. The summed E-state index contributed by atoms with van der Waals surface area (Å²) in [6.07, 6.45) is 0.938. The van der Waals surface area contributed by atoms with Crippen molar-refractivity contribution in [2.45, 2.75) is 25.8 Å². The molecular weight excluding hydrogens is 338 g/mol. The van der Waals surface area contributed by atoms with Crippen LogP contribution >= 0.6 is 0 Å². The number of aryl methyl sites for hydroxylation is 1. The Morgan fingerprint density at radius 1 is 0.889 bits per heavy atom. The quantitative estimate of drug-likeness (QED) is 0.878. The van der Waals surface area contributed by atoms with E-state index in [1.807, 2.05) is 66.4 Å². The second kappa shape index (κ2) is 8.82. The molecule has 1 aliphatic rings. The molecule has 2 N–H and O–H groups in total. The molecule has 0 radical (unpaired) electrons. The third-order valence-corrected chi connectivity index (χ3v) is 5.04. The predicted octanol–water partition coefficient (Wildman–Crippen LogP) is 1.78. The first-order chi connectivity index (χ1) is 13.0. The highest BCUT2D eigenvalue weighted by molar-refractivity contribution is 5.83. The number of nitrogens with zero attached hydrogens (tertiary/aromatic N) is 2. The van der Waals surface area contributed by atoms with E-state index in [4.69, 9.17) is 5.73 Å². The Balaban J connectivity index is 1.48. The van der Waals surface area contributed by atoms with Gasteiger partial charge in [-0.1, -0.05) is 60.2 Å². The lowest BCUT2D eigenvalue weighted by molar-refractivity contribution is -0.140. The van der Waals surface area contributed by atoms with E-state index >= 15 is 0 Å². The normalized spacial score (nSPS) is 15.5. The van der Waals surface area contributed by atoms with E-state index in [2.05, 4.69) is 0 Å². The van der Waals surface area contributed by atoms with Crippen molar-refractivity contribution in [1.82, 2.24) is 9.80 Å². The van der Waals surface area contributed by atoms with E-state index in [9.17, 15) is 9.59 Å². The molecule has 1 fully saturated rings. The van der Waals surface area contributed by atoms with Crippen LogP contribution in [0.2, 0.25) is 0 Å². The smallest absolute Gasteiger partial charge is 0.239 e. The zero-order valence-corrected chi connectivity index (χ0v) is 15.8. The Kier molecular flexibility index (Phi) is 6.24. The lowest BCUT2D eigenvalue weighted by Gasteiger charge is -2.36. The van der Waals surface area contributed by atoms with Crippen molar-refractivity contribution in [3.63, 3.8) is 0 Å². The molecule has 1 heterocycles. The Bertz CT molecular complexity index is 766. The van der Waals surface area contributed by atoms with Crippen molar-refractivity contribution in [2.24, 2.45) is 5.73 Å². The molecule has 3 rings (SSSR count). The summed E-state index contributed by atoms with van der Waals surface area (Å²) in [4.78, 5) is 28.7. The molecule has 2 amide bonds. The van der Waals surface area contributed by atoms with E-state index in [0.29, 0.717) is 39.0 Å². The minimum absolute atomic E-state index is 0.0375. The fourth-order valence-electron chi connectivity index (χ4n) is 3.36. The van der Waals surface area contributed by atoms with Gasteiger partial charge in [-0.25, -0.2) is 0 Å². The highest BCUT2D eigenvalue weighted by atomic mass is 16.2. The fraction of sp³-hybridized carbons (Fsp3) is 0.364. The molecule has 0 aromatic heterocycles. The highest BCUT2D eigenvalue weighted by Crippen LogP contribution is 2.10. The lowest BCUT2D eigenvalue weighted by Crippen LogP contribution is -2.54. The van der Waals surface area contributed by atoms with Gasteiger partial charge in [-0.3, -0.25) is 9.59 Å². The number of rotatable bonds is 5. The van der Waals surface area contributed by atoms with Gasteiger partial charge in [0.05, 0.1) is 12.5 Å². The van der Waals surface area contributed by atoms with Crippen LogP contribution in [0.5, 0.6) is 0 Å². The zero-order valence-electron chi connectivity index (χ0n) is 15.8. The van der Waals surface area contributed by atoms with E-state index in [-0.39, 0.29) is 11.8 Å². The van der Waals surface area contributed by atoms with Gasteiger partial charge in [0.25, 0.3) is 0 Å². The second-order valence-electron chi connectivity index (χ2n) is 7.16. The SMILES string of the molecule is Cc1ccc(CC(=O)N2CCN(C(=O)[C@@H](N)Cc3ccccc3)CC2)cc1. The number of hydrogen-bond donors (Lipinski definition) is 1. The number of carbonyl (C=O) groups is 2. The molecular formula is C22H27N3O2. The maximum atomic E-state index is 12.6. The van der Waals surface area contributed by atoms with Crippen molar-refractivity contribution < 1.29 is 9.59 Å². The monoisotopic (exact) mass is 365 g/mol. The number of piperazine rings is 1. The number of benzene rings is 2. The molecule has 1 atom stereocenters. The molecule has 5 nitrogen and oxygen atoms in total. The number of carbonyl (C=O) groups excluding carboxylic acids is 2. The summed E-state index contributed by atoms with van der Waals surface area (Å²) in [5.41, 5.74) is 9.39. The molecule has 0 spiro atoms. The molecule has 1 saturated heterocycles. The molecule has 2 aromatic rings. The summed E-state index contributed by atoms with van der Waals surface area (Å²) >= 11 is 0. The van der Waals surface area contributed by atoms with E-state index < -0.39 is 6.04 Å². The molecule has 142 valence electrons. The summed E-state index contributed by atoms with van der Waals surface area (Å²) in [5, 5.41) is 0. The van der Waals surface area contributed by atoms with Crippen molar-refractivity contribution in [3.05, 3.63) is 71.3 Å². The molecule has 27 heavy (non-hydrogen) atoms. The first-order valence-corrected chi connectivity index (χ1v) is 9.44. The molecule has 0 bridgehead atoms. The van der Waals surface area contributed by atoms with Gasteiger partial charge in [0.2, 0.25) is 11.8 Å². The van der Waals surface area contributed by atoms with Crippen LogP contribution in [0, 0.1) is 6.92 Å². The highest BCUT2D eigenvalue weighted by Gasteiger charge is 2.27. The van der Waals surface area contributed by atoms with Gasteiger partial charge in [-0.05, 0) is 24.5 Å². The molecule has 1 aliphatic heterocycles. The van der Waals surface area contributed by atoms with Crippen molar-refractivity contribution in [2.75, 3.05) is 26.2 Å². The summed E-state index contributed by atoms with van der Waals surface area (Å²) in [5.74, 6) is 0.0732. The topological polar surface area (TPSA) is 66.6 Å². The standard InChI is InChI=1S/C22H27N3O2/c1-17-7-9-19(10-8-17)16-21(26)24-11-13-25(14-12-24)22(27)20(23)15-18-5-3-2-4-6-18/h2-10,20H,11-16,23H2,1H3/t20-/m0/s1. The summed E-state index contributed by atoms with van der Waals surface area (Å²) in [7, 11) is 0. The van der Waals surface area contributed by atoms with Gasteiger partial charge in [-0.15, -0.1) is 0 Å². The minimum atomic E-state index is -0.540. The van der Waals surface area contributed by atoms with Crippen LogP contribution in [-0.2, 0) is 22.4 Å². The number of nitrogens with two attached hydrogens (primary N) is 1. The van der Waals surface area contributed by atoms with Crippen LogP contribution in [0.15, 0.2) is 54.6 Å². The summed E-state index contributed by atoms with van der Waals surface area (Å²) in [6.45, 7) is 4.25. The second-order valence-corrected chi connectivity index (χ2v) is 7.16. The van der Waals surface area contributed by atoms with Crippen LogP contribution < -0.4 is 5.73 Å². The minimum Gasteiger partial charge on any atom is -0.339 e. The van der Waals surface area contributed by atoms with Gasteiger partial charge in [0.1, 0.15) is 0 Å². The van der Waals surface area contributed by atoms with Crippen LogP contribution in [0.1, 0.15) is 16.7 Å². The first kappa shape index (κ1) is 19.1. The van der Waals surface area contributed by atoms with E-state index in [1.165, 1.54) is 5.56 Å². The van der Waals surface area contributed by atoms with Gasteiger partial charge in [0.15, 0.2) is 0 Å². The van der Waals surface area contributed by atoms with Crippen molar-refractivity contribution in [1.29, 1.82) is 0 Å². The van der Waals surface area contributed by atoms with Crippen LogP contribution in [0.25, 0.3) is 0 Å². The Labute approximate surface area is 160 Å². The van der Waals surface area contributed by atoms with Crippen molar-refractivity contribution >= 4 is 11.8 Å². The number of amides is 2. The largest absolute Gasteiger partial charge is 0.339 e. The Hall–Kier alpha value is -2.66. The van der Waals surface area contributed by atoms with Crippen molar-refractivity contribution in [3.8, 4) is 0 Å². The number of hydrogen-bond acceptors (Lipinski definition) is 3. The maximum absolute atomic E-state index is 12.6. The zero-order chi connectivity index (χ0) is 19.2. The summed E-state index contributed by atoms with van der Waals surface area (Å²) in [6, 6.07) is 17.3. The predicted molar refractivity (Wildman–Crippen MR) is 106 cm³/mol. The third-order valence-electron chi connectivity index (χ3n) is 5.04. The molecule has 2 aromatic carbocycles. The molecule has 0 aliphatic carbocycles. The average Bonchev–Trinajstić information content (AvgIpc) is 2.70. The lowest BCUT2D eigenvalue weighted by atomic mass is 10.1. The van der Waals surface area contributed by atoms with Crippen LogP contribution in [-0.4, -0.2) is 53.8 Å². The van der Waals surface area contributed by atoms with Gasteiger partial charge in [-0.2, -0.15) is 0 Å². The van der Waals surface area contributed by atoms with Gasteiger partial charge >= 0.3 is 0 Å². The Morgan fingerprint density at radius 3 is 2.11 bits per heavy atom. The average molecular weight is 365 g/mol. The van der Waals surface area contributed by atoms with Crippen LogP contribution in [0.4, 0.5) is 0 Å². The fourth-order valence-corrected chi connectivity index (χ4v) is 3.36. The molecule has 0 saturated carbocycles. The Morgan fingerprint density at radius 2 is 1.48 bits per heavy atom. The van der Waals surface area contributed by atoms with E-state index in [0.717, 1.165) is 11.1 Å².